The van der Waals surface area contributed by atoms with E-state index in [0.717, 1.165) is 4.48 Å². The number of nitrogens with zero attached hydrogens (tertiary/aromatic N) is 1. The van der Waals surface area contributed by atoms with Crippen LogP contribution in [-0.2, 0) is 9.53 Å². The molecular formula is C23H47NO3. The van der Waals surface area contributed by atoms with Crippen LogP contribution in [0, 0.1) is 0 Å². The van der Waals surface area contributed by atoms with Crippen molar-refractivity contribution in [1.29, 1.82) is 0 Å². The molecular weight excluding hydrogens is 338 g/mol. The minimum absolute atomic E-state index is 0.0648. The van der Waals surface area contributed by atoms with Crippen molar-refractivity contribution < 1.29 is 19.1 Å². The molecule has 0 spiro atoms. The summed E-state index contributed by atoms with van der Waals surface area (Å²) in [7, 11) is 6.35. The summed E-state index contributed by atoms with van der Waals surface area (Å²) in [6.45, 7) is 10.2. The Morgan fingerprint density at radius 2 is 1.26 bits per heavy atom. The summed E-state index contributed by atoms with van der Waals surface area (Å²) >= 11 is 0. The molecule has 0 N–H and O–H groups in total. The number of ether oxygens (including phenoxy) is 1. The third-order valence-corrected chi connectivity index (χ3v) is 5.26. The average molecular weight is 386 g/mol. The Morgan fingerprint density at radius 1 is 0.926 bits per heavy atom. The number of carbonyl (C=O) groups excluding carboxylic acids is 1. The first-order chi connectivity index (χ1) is 12.7. The molecule has 0 aromatic heterocycles. The van der Waals surface area contributed by atoms with Gasteiger partial charge < -0.3 is 19.1 Å². The lowest BCUT2D eigenvalue weighted by atomic mass is 10.1. The number of methoxy groups -OCH3 is 1. The summed E-state index contributed by atoms with van der Waals surface area (Å²) in [6.07, 6.45) is 17.4. The number of carbonyl (C=O) groups is 1. The second kappa shape index (κ2) is 18.5. The van der Waals surface area contributed by atoms with E-state index in [-0.39, 0.29) is 5.57 Å². The number of hydrogen-bond donors (Lipinski definition) is 0. The van der Waals surface area contributed by atoms with Gasteiger partial charge in [0.2, 0.25) is 0 Å². The highest BCUT2D eigenvalue weighted by Crippen LogP contribution is 2.14. The van der Waals surface area contributed by atoms with Gasteiger partial charge in [0.05, 0.1) is 26.6 Å². The molecule has 1 atom stereocenters. The fourth-order valence-corrected chi connectivity index (χ4v) is 2.83. The largest absolute Gasteiger partial charge is 0.545 e. The van der Waals surface area contributed by atoms with E-state index in [2.05, 4.69) is 34.5 Å². The molecule has 4 heteroatoms. The number of quaternary nitrogens is 1. The predicted octanol–water partition coefficient (Wildman–Crippen LogP) is 5.07. The van der Waals surface area contributed by atoms with Crippen molar-refractivity contribution in [3.8, 4) is 0 Å². The Labute approximate surface area is 169 Å². The lowest BCUT2D eigenvalue weighted by molar-refractivity contribution is -0.935. The monoisotopic (exact) mass is 385 g/mol. The Morgan fingerprint density at radius 3 is 1.56 bits per heavy atom. The highest BCUT2D eigenvalue weighted by atomic mass is 16.5. The molecule has 0 aromatic rings. The minimum atomic E-state index is -1.19. The van der Waals surface area contributed by atoms with Crippen molar-refractivity contribution in [2.45, 2.75) is 104 Å². The van der Waals surface area contributed by atoms with Gasteiger partial charge >= 0.3 is 0 Å². The second-order valence-corrected chi connectivity index (χ2v) is 8.29. The Kier molecular flexibility index (Phi) is 19.4. The van der Waals surface area contributed by atoms with Crippen LogP contribution in [0.3, 0.4) is 0 Å². The summed E-state index contributed by atoms with van der Waals surface area (Å²) in [5, 5.41) is 9.49. The summed E-state index contributed by atoms with van der Waals surface area (Å²) in [5.74, 6) is -1.19. The van der Waals surface area contributed by atoms with Crippen LogP contribution in [0.5, 0.6) is 0 Å². The van der Waals surface area contributed by atoms with Crippen LogP contribution in [-0.4, -0.2) is 44.4 Å². The molecule has 0 aliphatic heterocycles. The van der Waals surface area contributed by atoms with E-state index >= 15 is 0 Å². The first kappa shape index (κ1) is 28.3. The van der Waals surface area contributed by atoms with Crippen LogP contribution < -0.4 is 5.11 Å². The third kappa shape index (κ3) is 19.7. The summed E-state index contributed by atoms with van der Waals surface area (Å²) < 4.78 is 6.43. The van der Waals surface area contributed by atoms with Gasteiger partial charge in [-0.1, -0.05) is 77.7 Å². The molecule has 0 rings (SSSR count). The number of carboxylic acid groups (broad SMARTS) is 1. The summed E-state index contributed by atoms with van der Waals surface area (Å²) in [4.78, 5) is 9.49. The lowest BCUT2D eigenvalue weighted by Gasteiger charge is -2.34. The van der Waals surface area contributed by atoms with Gasteiger partial charge in [0.1, 0.15) is 0 Å². The number of carboxylic acids is 1. The van der Waals surface area contributed by atoms with Gasteiger partial charge in [0.15, 0.2) is 6.23 Å². The van der Waals surface area contributed by atoms with Crippen molar-refractivity contribution in [1.82, 2.24) is 0 Å². The zero-order valence-corrected chi connectivity index (χ0v) is 19.1. The van der Waals surface area contributed by atoms with Crippen LogP contribution in [0.1, 0.15) is 97.8 Å². The molecule has 27 heavy (non-hydrogen) atoms. The van der Waals surface area contributed by atoms with Crippen LogP contribution >= 0.6 is 0 Å². The van der Waals surface area contributed by atoms with Crippen LogP contribution in [0.15, 0.2) is 12.2 Å². The zero-order chi connectivity index (χ0) is 21.1. The standard InChI is InChI=1S/C19H42NO.C4H6O2/c1-6-7-8-9-10-11-12-13-14-15-16-17-18-20(3,4)19(2)21-5;1-3(2)4(5)6/h19H,6-18H2,1-5H3;1H2,2H3,(H,5,6)/q+1;/p-1. The van der Waals surface area contributed by atoms with Gasteiger partial charge in [-0.05, 0) is 25.3 Å². The molecule has 0 aromatic carbocycles. The molecule has 0 bridgehead atoms. The molecule has 0 aliphatic carbocycles. The van der Waals surface area contributed by atoms with Gasteiger partial charge in [-0.25, -0.2) is 0 Å². The van der Waals surface area contributed by atoms with E-state index in [1.165, 1.54) is 90.5 Å². The molecule has 0 fully saturated rings. The van der Waals surface area contributed by atoms with E-state index in [1.807, 2.05) is 7.11 Å². The molecule has 0 saturated carbocycles. The van der Waals surface area contributed by atoms with Gasteiger partial charge in [-0.3, -0.25) is 0 Å². The second-order valence-electron chi connectivity index (χ2n) is 8.29. The van der Waals surface area contributed by atoms with Crippen molar-refractivity contribution in [3.05, 3.63) is 12.2 Å². The quantitative estimate of drug-likeness (QED) is 0.161. The average Bonchev–Trinajstić information content (AvgIpc) is 2.62. The van der Waals surface area contributed by atoms with Gasteiger partial charge in [0, 0.05) is 14.0 Å². The Hall–Kier alpha value is -0.870. The smallest absolute Gasteiger partial charge is 0.189 e. The van der Waals surface area contributed by atoms with Crippen LogP contribution in [0.4, 0.5) is 0 Å². The molecule has 1 unspecified atom stereocenters. The van der Waals surface area contributed by atoms with E-state index < -0.39 is 5.97 Å². The van der Waals surface area contributed by atoms with E-state index in [9.17, 15) is 9.90 Å². The predicted molar refractivity (Wildman–Crippen MR) is 114 cm³/mol. The maximum atomic E-state index is 9.49. The molecule has 4 nitrogen and oxygen atoms in total. The molecule has 162 valence electrons. The highest BCUT2D eigenvalue weighted by molar-refractivity contribution is 5.82. The van der Waals surface area contributed by atoms with E-state index in [0.29, 0.717) is 6.23 Å². The number of unbranched alkanes of at least 4 members (excludes halogenated alkanes) is 11. The van der Waals surface area contributed by atoms with Gasteiger partial charge in [-0.15, -0.1) is 0 Å². The third-order valence-electron chi connectivity index (χ3n) is 5.26. The van der Waals surface area contributed by atoms with E-state index in [4.69, 9.17) is 4.74 Å². The summed E-state index contributed by atoms with van der Waals surface area (Å²) in [6, 6.07) is 0. The van der Waals surface area contributed by atoms with Crippen LogP contribution in [0.2, 0.25) is 0 Å². The Bertz CT molecular complexity index is 355. The molecule has 0 radical (unpaired) electrons. The first-order valence-corrected chi connectivity index (χ1v) is 10.9. The normalized spacial score (nSPS) is 12.2. The maximum Gasteiger partial charge on any atom is 0.189 e. The Balaban J connectivity index is 0. The highest BCUT2D eigenvalue weighted by Gasteiger charge is 2.22. The molecule has 0 heterocycles. The van der Waals surface area contributed by atoms with Crippen molar-refractivity contribution in [2.24, 2.45) is 0 Å². The van der Waals surface area contributed by atoms with Gasteiger partial charge in [0.25, 0.3) is 0 Å². The fourth-order valence-electron chi connectivity index (χ4n) is 2.83. The number of hydrogen-bond acceptors (Lipinski definition) is 3. The molecule has 0 aliphatic rings. The lowest BCUT2D eigenvalue weighted by Crippen LogP contribution is -2.48. The topological polar surface area (TPSA) is 49.4 Å². The summed E-state index contributed by atoms with van der Waals surface area (Å²) in [5.41, 5.74) is 0.0648. The number of rotatable bonds is 16. The van der Waals surface area contributed by atoms with Crippen molar-refractivity contribution >= 4 is 5.97 Å². The maximum absolute atomic E-state index is 9.49. The van der Waals surface area contributed by atoms with Gasteiger partial charge in [-0.2, -0.15) is 0 Å². The van der Waals surface area contributed by atoms with Crippen molar-refractivity contribution in [2.75, 3.05) is 27.7 Å². The van der Waals surface area contributed by atoms with Crippen LogP contribution in [0.25, 0.3) is 0 Å². The fraction of sp³-hybridized carbons (Fsp3) is 0.870. The first-order valence-electron chi connectivity index (χ1n) is 10.9. The molecule has 0 amide bonds. The number of aliphatic carboxylic acids is 1. The zero-order valence-electron chi connectivity index (χ0n) is 19.1. The minimum Gasteiger partial charge on any atom is -0.545 e. The van der Waals surface area contributed by atoms with E-state index in [1.54, 1.807) is 0 Å². The SMILES string of the molecule is C=C(C)C(=O)[O-].CCCCCCCCCCCCCC[N+](C)(C)C(C)OC. The molecule has 0 saturated heterocycles. The van der Waals surface area contributed by atoms with Crippen molar-refractivity contribution in [3.63, 3.8) is 0 Å².